The number of aryl methyl sites for hydroxylation is 1. The lowest BCUT2D eigenvalue weighted by molar-refractivity contribution is 0.316. The zero-order valence-corrected chi connectivity index (χ0v) is 13.0. The Labute approximate surface area is 128 Å². The molecule has 2 aromatic rings. The van der Waals surface area contributed by atoms with Crippen LogP contribution < -0.4 is 0 Å². The van der Waals surface area contributed by atoms with Crippen LogP contribution in [0.2, 0.25) is 0 Å². The number of rotatable bonds is 2. The SMILES string of the molecule is Cc1ccc([C@H]2[C@H](c3ccccn3)N=C3S[C@@H](C)CN32)[nH]1. The highest BCUT2D eigenvalue weighted by Crippen LogP contribution is 2.47. The number of aromatic amines is 1. The van der Waals surface area contributed by atoms with E-state index in [0.717, 1.165) is 17.4 Å². The van der Waals surface area contributed by atoms with Crippen molar-refractivity contribution in [1.82, 2.24) is 14.9 Å². The molecule has 0 aromatic carbocycles. The molecule has 3 atom stereocenters. The maximum Gasteiger partial charge on any atom is 0.160 e. The molecule has 108 valence electrons. The Morgan fingerprint density at radius 1 is 1.29 bits per heavy atom. The summed E-state index contributed by atoms with van der Waals surface area (Å²) in [6.07, 6.45) is 1.85. The van der Waals surface area contributed by atoms with Crippen molar-refractivity contribution >= 4 is 16.9 Å². The molecule has 5 heteroatoms. The summed E-state index contributed by atoms with van der Waals surface area (Å²) in [5.74, 6) is 0. The van der Waals surface area contributed by atoms with E-state index in [-0.39, 0.29) is 12.1 Å². The zero-order chi connectivity index (χ0) is 14.4. The van der Waals surface area contributed by atoms with Crippen molar-refractivity contribution in [3.05, 3.63) is 53.6 Å². The third-order valence-electron chi connectivity index (χ3n) is 4.05. The monoisotopic (exact) mass is 298 g/mol. The minimum atomic E-state index is 0.0826. The molecule has 2 aromatic heterocycles. The van der Waals surface area contributed by atoms with Crippen molar-refractivity contribution in [2.75, 3.05) is 6.54 Å². The standard InChI is InChI=1S/C16H18N4S/c1-10-6-7-13(18-10)15-14(12-5-3-4-8-17-12)19-16-20(15)9-11(2)21-16/h3-8,11,14-15,18H,9H2,1-2H3/t11-,14-,15-/m0/s1. The van der Waals surface area contributed by atoms with Crippen LogP contribution in [-0.2, 0) is 0 Å². The summed E-state index contributed by atoms with van der Waals surface area (Å²) < 4.78 is 0. The van der Waals surface area contributed by atoms with Gasteiger partial charge in [-0.15, -0.1) is 0 Å². The van der Waals surface area contributed by atoms with E-state index in [1.807, 2.05) is 30.1 Å². The van der Waals surface area contributed by atoms with Crippen molar-refractivity contribution in [2.45, 2.75) is 31.2 Å². The lowest BCUT2D eigenvalue weighted by Gasteiger charge is -2.26. The van der Waals surface area contributed by atoms with E-state index < -0.39 is 0 Å². The van der Waals surface area contributed by atoms with Gasteiger partial charge in [-0.1, -0.05) is 24.8 Å². The van der Waals surface area contributed by atoms with Gasteiger partial charge in [0.25, 0.3) is 0 Å². The predicted molar refractivity (Wildman–Crippen MR) is 86.4 cm³/mol. The number of nitrogens with zero attached hydrogens (tertiary/aromatic N) is 3. The van der Waals surface area contributed by atoms with Crippen LogP contribution in [0.4, 0.5) is 0 Å². The molecule has 1 N–H and O–H groups in total. The summed E-state index contributed by atoms with van der Waals surface area (Å²) in [5, 5.41) is 1.77. The highest BCUT2D eigenvalue weighted by molar-refractivity contribution is 8.14. The van der Waals surface area contributed by atoms with Gasteiger partial charge in [0, 0.05) is 29.4 Å². The maximum atomic E-state index is 4.96. The number of amidine groups is 1. The van der Waals surface area contributed by atoms with Crippen LogP contribution in [0.3, 0.4) is 0 Å². The van der Waals surface area contributed by atoms with E-state index >= 15 is 0 Å². The molecule has 0 aliphatic carbocycles. The quantitative estimate of drug-likeness (QED) is 0.925. The van der Waals surface area contributed by atoms with Crippen LogP contribution in [0.15, 0.2) is 41.5 Å². The first-order valence-corrected chi connectivity index (χ1v) is 8.18. The lowest BCUT2D eigenvalue weighted by Crippen LogP contribution is -2.28. The molecular formula is C16H18N4S. The van der Waals surface area contributed by atoms with Gasteiger partial charge in [0.2, 0.25) is 0 Å². The summed E-state index contributed by atoms with van der Waals surface area (Å²) in [6, 6.07) is 10.7. The van der Waals surface area contributed by atoms with E-state index in [4.69, 9.17) is 4.99 Å². The molecule has 2 aliphatic heterocycles. The van der Waals surface area contributed by atoms with E-state index in [9.17, 15) is 0 Å². The minimum absolute atomic E-state index is 0.0826. The second kappa shape index (κ2) is 4.91. The Bertz CT molecular complexity index is 679. The number of hydrogen-bond donors (Lipinski definition) is 1. The van der Waals surface area contributed by atoms with Gasteiger partial charge in [0.15, 0.2) is 5.17 Å². The first kappa shape index (κ1) is 13.0. The van der Waals surface area contributed by atoms with Gasteiger partial charge in [-0.25, -0.2) is 0 Å². The van der Waals surface area contributed by atoms with E-state index in [0.29, 0.717) is 5.25 Å². The number of aromatic nitrogens is 2. The fourth-order valence-electron chi connectivity index (χ4n) is 3.15. The summed E-state index contributed by atoms with van der Waals surface area (Å²) in [6.45, 7) is 5.41. The van der Waals surface area contributed by atoms with E-state index in [2.05, 4.69) is 46.9 Å². The average Bonchev–Trinajstić information content (AvgIpc) is 3.13. The van der Waals surface area contributed by atoms with Crippen molar-refractivity contribution in [3.63, 3.8) is 0 Å². The molecule has 0 amide bonds. The number of fused-ring (bicyclic) bond motifs is 1. The molecule has 0 spiro atoms. The fraction of sp³-hybridized carbons (Fsp3) is 0.375. The second-order valence-corrected chi connectivity index (χ2v) is 7.14. The van der Waals surface area contributed by atoms with Crippen molar-refractivity contribution < 1.29 is 0 Å². The van der Waals surface area contributed by atoms with Crippen LogP contribution in [0, 0.1) is 6.92 Å². The molecule has 0 unspecified atom stereocenters. The summed E-state index contributed by atoms with van der Waals surface area (Å²) >= 11 is 1.87. The zero-order valence-electron chi connectivity index (χ0n) is 12.2. The van der Waals surface area contributed by atoms with E-state index in [1.165, 1.54) is 11.4 Å². The number of thioether (sulfide) groups is 1. The molecule has 4 nitrogen and oxygen atoms in total. The van der Waals surface area contributed by atoms with Crippen LogP contribution in [0.1, 0.15) is 36.1 Å². The average molecular weight is 298 g/mol. The Morgan fingerprint density at radius 3 is 2.90 bits per heavy atom. The molecule has 1 fully saturated rings. The molecule has 4 rings (SSSR count). The Kier molecular flexibility index (Phi) is 3.03. The molecule has 4 heterocycles. The number of H-pyrrole nitrogens is 1. The maximum absolute atomic E-state index is 4.96. The second-order valence-electron chi connectivity index (χ2n) is 5.73. The van der Waals surface area contributed by atoms with Gasteiger partial charge in [-0.3, -0.25) is 9.98 Å². The highest BCUT2D eigenvalue weighted by Gasteiger charge is 2.43. The van der Waals surface area contributed by atoms with Gasteiger partial charge >= 0.3 is 0 Å². The molecule has 21 heavy (non-hydrogen) atoms. The largest absolute Gasteiger partial charge is 0.361 e. The first-order chi connectivity index (χ1) is 10.2. The highest BCUT2D eigenvalue weighted by atomic mass is 32.2. The van der Waals surface area contributed by atoms with Crippen molar-refractivity contribution in [1.29, 1.82) is 0 Å². The smallest absolute Gasteiger partial charge is 0.160 e. The molecule has 0 saturated carbocycles. The van der Waals surface area contributed by atoms with Gasteiger partial charge in [0.05, 0.1) is 11.7 Å². The van der Waals surface area contributed by atoms with Gasteiger partial charge < -0.3 is 9.88 Å². The van der Waals surface area contributed by atoms with Crippen molar-refractivity contribution in [3.8, 4) is 0 Å². The lowest BCUT2D eigenvalue weighted by atomic mass is 10.0. The van der Waals surface area contributed by atoms with Gasteiger partial charge in [0.1, 0.15) is 6.04 Å². The number of nitrogens with one attached hydrogen (secondary N) is 1. The van der Waals surface area contributed by atoms with Crippen molar-refractivity contribution in [2.24, 2.45) is 4.99 Å². The molecule has 0 radical (unpaired) electrons. The summed E-state index contributed by atoms with van der Waals surface area (Å²) in [7, 11) is 0. The Hall–Kier alpha value is -1.75. The minimum Gasteiger partial charge on any atom is -0.361 e. The number of aliphatic imine (C=N–C) groups is 1. The third-order valence-corrected chi connectivity index (χ3v) is 5.16. The van der Waals surface area contributed by atoms with Gasteiger partial charge in [-0.2, -0.15) is 0 Å². The number of pyridine rings is 1. The third kappa shape index (κ3) is 2.16. The Balaban J connectivity index is 1.77. The molecular weight excluding hydrogens is 280 g/mol. The molecule has 0 bridgehead atoms. The summed E-state index contributed by atoms with van der Waals surface area (Å²) in [5.41, 5.74) is 3.47. The predicted octanol–water partition coefficient (Wildman–Crippen LogP) is 3.31. The van der Waals surface area contributed by atoms with Gasteiger partial charge in [-0.05, 0) is 31.2 Å². The normalized spacial score (nSPS) is 27.8. The number of hydrogen-bond acceptors (Lipinski definition) is 4. The van der Waals surface area contributed by atoms with Crippen LogP contribution >= 0.6 is 11.8 Å². The Morgan fingerprint density at radius 2 is 2.19 bits per heavy atom. The topological polar surface area (TPSA) is 44.3 Å². The van der Waals surface area contributed by atoms with Crippen LogP contribution in [0.5, 0.6) is 0 Å². The van der Waals surface area contributed by atoms with E-state index in [1.54, 1.807) is 0 Å². The summed E-state index contributed by atoms with van der Waals surface area (Å²) in [4.78, 5) is 15.4. The molecule has 2 aliphatic rings. The fourth-order valence-corrected chi connectivity index (χ4v) is 4.25. The van der Waals surface area contributed by atoms with Crippen LogP contribution in [-0.4, -0.2) is 31.8 Å². The molecule has 1 saturated heterocycles. The van der Waals surface area contributed by atoms with Crippen LogP contribution in [0.25, 0.3) is 0 Å². The first-order valence-electron chi connectivity index (χ1n) is 7.30.